The summed E-state index contributed by atoms with van der Waals surface area (Å²) in [5.74, 6) is 0. The van der Waals surface area contributed by atoms with Crippen molar-refractivity contribution in [1.82, 2.24) is 0 Å². The number of rotatable bonds is 18. The topological polar surface area (TPSA) is 55.4 Å². The first-order chi connectivity index (χ1) is 11.2. The molecule has 23 heavy (non-hydrogen) atoms. The highest BCUT2D eigenvalue weighted by atomic mass is 16.7. The van der Waals surface area contributed by atoms with Crippen molar-refractivity contribution in [3.63, 3.8) is 0 Å². The van der Waals surface area contributed by atoms with E-state index in [0.717, 1.165) is 38.9 Å². The first-order valence-electron chi connectivity index (χ1n) is 8.82. The van der Waals surface area contributed by atoms with Crippen LogP contribution in [0.25, 0.3) is 0 Å². The molecule has 6 nitrogen and oxygen atoms in total. The Bertz CT molecular complexity index is 205. The van der Waals surface area contributed by atoms with Gasteiger partial charge in [-0.05, 0) is 26.7 Å². The summed E-state index contributed by atoms with van der Waals surface area (Å²) in [6, 6.07) is 0. The van der Waals surface area contributed by atoms with Crippen molar-refractivity contribution in [1.29, 1.82) is 0 Å². The molecule has 0 aliphatic heterocycles. The Morgan fingerprint density at radius 3 is 1.35 bits per heavy atom. The van der Waals surface area contributed by atoms with Gasteiger partial charge in [-0.15, -0.1) is 0 Å². The molecule has 0 fully saturated rings. The molecule has 0 aliphatic carbocycles. The van der Waals surface area contributed by atoms with Crippen molar-refractivity contribution >= 4 is 0 Å². The van der Waals surface area contributed by atoms with E-state index in [9.17, 15) is 0 Å². The Hall–Kier alpha value is -0.240. The van der Waals surface area contributed by atoms with Crippen LogP contribution in [0.4, 0.5) is 0 Å². The monoisotopic (exact) mass is 336 g/mol. The SMILES string of the molecule is CCCCOC(C)OCCOCOCCOC(C)OCCCC. The zero-order valence-corrected chi connectivity index (χ0v) is 15.4. The van der Waals surface area contributed by atoms with Crippen LogP contribution >= 0.6 is 0 Å². The number of hydrogen-bond acceptors (Lipinski definition) is 6. The molecule has 0 aromatic carbocycles. The van der Waals surface area contributed by atoms with E-state index in [4.69, 9.17) is 28.4 Å². The molecule has 0 amide bonds. The van der Waals surface area contributed by atoms with Crippen molar-refractivity contribution in [2.75, 3.05) is 46.4 Å². The van der Waals surface area contributed by atoms with E-state index in [1.807, 2.05) is 13.8 Å². The maximum absolute atomic E-state index is 5.46. The highest BCUT2D eigenvalue weighted by molar-refractivity contribution is 4.38. The minimum absolute atomic E-state index is 0.186. The summed E-state index contributed by atoms with van der Waals surface area (Å²) in [5, 5.41) is 0. The normalized spacial score (nSPS) is 14.1. The molecule has 0 saturated heterocycles. The van der Waals surface area contributed by atoms with Crippen LogP contribution in [0, 0.1) is 0 Å². The van der Waals surface area contributed by atoms with E-state index in [1.165, 1.54) is 0 Å². The summed E-state index contributed by atoms with van der Waals surface area (Å²) in [5.41, 5.74) is 0. The van der Waals surface area contributed by atoms with Crippen molar-refractivity contribution in [2.24, 2.45) is 0 Å². The van der Waals surface area contributed by atoms with Gasteiger partial charge in [-0.25, -0.2) is 0 Å². The maximum atomic E-state index is 5.46. The Balaban J connectivity index is 3.18. The summed E-state index contributed by atoms with van der Waals surface area (Å²) in [6.45, 7) is 11.7. The maximum Gasteiger partial charge on any atom is 0.154 e. The average molecular weight is 336 g/mol. The summed E-state index contributed by atoms with van der Waals surface area (Å²) in [4.78, 5) is 0. The van der Waals surface area contributed by atoms with Gasteiger partial charge in [0.1, 0.15) is 6.79 Å². The predicted molar refractivity (Wildman–Crippen MR) is 89.3 cm³/mol. The van der Waals surface area contributed by atoms with Gasteiger partial charge in [0.15, 0.2) is 12.6 Å². The van der Waals surface area contributed by atoms with Crippen molar-refractivity contribution in [3.05, 3.63) is 0 Å². The summed E-state index contributed by atoms with van der Waals surface area (Å²) >= 11 is 0. The van der Waals surface area contributed by atoms with Gasteiger partial charge in [-0.2, -0.15) is 0 Å². The molecular formula is C17H36O6. The molecule has 0 N–H and O–H groups in total. The van der Waals surface area contributed by atoms with E-state index in [0.29, 0.717) is 26.4 Å². The van der Waals surface area contributed by atoms with Crippen LogP contribution in [0.3, 0.4) is 0 Å². The van der Waals surface area contributed by atoms with Gasteiger partial charge in [0.05, 0.1) is 26.4 Å². The summed E-state index contributed by atoms with van der Waals surface area (Å²) < 4.78 is 32.4. The number of unbranched alkanes of at least 4 members (excludes halogenated alkanes) is 2. The lowest BCUT2D eigenvalue weighted by Crippen LogP contribution is -2.19. The second-order valence-corrected chi connectivity index (χ2v) is 5.26. The van der Waals surface area contributed by atoms with Gasteiger partial charge in [-0.3, -0.25) is 0 Å². The molecule has 140 valence electrons. The Morgan fingerprint density at radius 2 is 0.957 bits per heavy atom. The van der Waals surface area contributed by atoms with E-state index >= 15 is 0 Å². The van der Waals surface area contributed by atoms with Crippen molar-refractivity contribution in [2.45, 2.75) is 66.0 Å². The van der Waals surface area contributed by atoms with Gasteiger partial charge >= 0.3 is 0 Å². The average Bonchev–Trinajstić information content (AvgIpc) is 2.53. The van der Waals surface area contributed by atoms with E-state index in [2.05, 4.69) is 13.8 Å². The lowest BCUT2D eigenvalue weighted by Gasteiger charge is -2.15. The molecule has 0 saturated carbocycles. The van der Waals surface area contributed by atoms with Gasteiger partial charge in [0.25, 0.3) is 0 Å². The summed E-state index contributed by atoms with van der Waals surface area (Å²) in [6.07, 6.45) is 3.99. The number of ether oxygens (including phenoxy) is 6. The highest BCUT2D eigenvalue weighted by Crippen LogP contribution is 1.98. The Morgan fingerprint density at radius 1 is 0.565 bits per heavy atom. The van der Waals surface area contributed by atoms with E-state index in [1.54, 1.807) is 0 Å². The fraction of sp³-hybridized carbons (Fsp3) is 1.00. The highest BCUT2D eigenvalue weighted by Gasteiger charge is 2.02. The van der Waals surface area contributed by atoms with Crippen LogP contribution in [0.2, 0.25) is 0 Å². The fourth-order valence-corrected chi connectivity index (χ4v) is 1.61. The van der Waals surface area contributed by atoms with Gasteiger partial charge in [0.2, 0.25) is 0 Å². The second-order valence-electron chi connectivity index (χ2n) is 5.26. The third kappa shape index (κ3) is 17.9. The van der Waals surface area contributed by atoms with Crippen LogP contribution in [0.1, 0.15) is 53.4 Å². The zero-order chi connectivity index (χ0) is 17.2. The second kappa shape index (κ2) is 18.1. The molecule has 0 bridgehead atoms. The Labute approximate surface area is 141 Å². The largest absolute Gasteiger partial charge is 0.353 e. The molecule has 0 aromatic rings. The molecule has 2 atom stereocenters. The van der Waals surface area contributed by atoms with Crippen LogP contribution in [-0.4, -0.2) is 59.0 Å². The van der Waals surface area contributed by atoms with E-state index in [-0.39, 0.29) is 19.4 Å². The lowest BCUT2D eigenvalue weighted by atomic mass is 10.4. The van der Waals surface area contributed by atoms with E-state index < -0.39 is 0 Å². The lowest BCUT2D eigenvalue weighted by molar-refractivity contribution is -0.160. The molecule has 6 heteroatoms. The quantitative estimate of drug-likeness (QED) is 0.283. The third-order valence-electron chi connectivity index (χ3n) is 3.03. The smallest absolute Gasteiger partial charge is 0.154 e. The standard InChI is InChI=1S/C17H36O6/c1-5-7-9-20-16(3)22-13-11-18-15-19-12-14-23-17(4)21-10-8-6-2/h16-17H,5-15H2,1-4H3. The summed E-state index contributed by atoms with van der Waals surface area (Å²) in [7, 11) is 0. The van der Waals surface area contributed by atoms with Gasteiger partial charge in [-0.1, -0.05) is 26.7 Å². The van der Waals surface area contributed by atoms with Crippen LogP contribution in [-0.2, 0) is 28.4 Å². The van der Waals surface area contributed by atoms with Gasteiger partial charge in [0, 0.05) is 13.2 Å². The molecule has 0 spiro atoms. The molecule has 0 heterocycles. The van der Waals surface area contributed by atoms with Gasteiger partial charge < -0.3 is 28.4 Å². The first kappa shape index (κ1) is 22.8. The minimum Gasteiger partial charge on any atom is -0.353 e. The molecule has 0 radical (unpaired) electrons. The van der Waals surface area contributed by atoms with Crippen LogP contribution in [0.15, 0.2) is 0 Å². The molecule has 2 unspecified atom stereocenters. The predicted octanol–water partition coefficient (Wildman–Crippen LogP) is 3.34. The minimum atomic E-state index is -0.186. The molecule has 0 rings (SSSR count). The van der Waals surface area contributed by atoms with Crippen LogP contribution < -0.4 is 0 Å². The number of hydrogen-bond donors (Lipinski definition) is 0. The van der Waals surface area contributed by atoms with Crippen LogP contribution in [0.5, 0.6) is 0 Å². The third-order valence-corrected chi connectivity index (χ3v) is 3.03. The molecule has 0 aliphatic rings. The zero-order valence-electron chi connectivity index (χ0n) is 15.4. The Kier molecular flexibility index (Phi) is 17.9. The molecular weight excluding hydrogens is 300 g/mol. The fourth-order valence-electron chi connectivity index (χ4n) is 1.61. The molecule has 0 aromatic heterocycles. The van der Waals surface area contributed by atoms with Crippen molar-refractivity contribution in [3.8, 4) is 0 Å². The first-order valence-corrected chi connectivity index (χ1v) is 8.82. The van der Waals surface area contributed by atoms with Crippen molar-refractivity contribution < 1.29 is 28.4 Å².